The van der Waals surface area contributed by atoms with Crippen molar-refractivity contribution in [3.63, 3.8) is 0 Å². The largest absolute Gasteiger partial charge is 0.418 e. The van der Waals surface area contributed by atoms with Crippen molar-refractivity contribution in [1.29, 1.82) is 0 Å². The summed E-state index contributed by atoms with van der Waals surface area (Å²) in [6.45, 7) is 0. The molecule has 1 fully saturated rings. The quantitative estimate of drug-likeness (QED) is 0.863. The van der Waals surface area contributed by atoms with Crippen molar-refractivity contribution in [2.24, 2.45) is 5.92 Å². The van der Waals surface area contributed by atoms with Crippen LogP contribution in [0.4, 0.5) is 18.9 Å². The third kappa shape index (κ3) is 3.49. The first-order valence-electron chi connectivity index (χ1n) is 6.36. The molecule has 0 unspecified atom stereocenters. The maximum atomic E-state index is 12.8. The van der Waals surface area contributed by atoms with Gasteiger partial charge in [-0.1, -0.05) is 25.3 Å². The first kappa shape index (κ1) is 13.9. The minimum absolute atomic E-state index is 0.168. The number of hydrogen-bond donors (Lipinski definition) is 1. The summed E-state index contributed by atoms with van der Waals surface area (Å²) in [5.74, 6) is -0.476. The van der Waals surface area contributed by atoms with Crippen LogP contribution in [0, 0.1) is 12.0 Å². The Bertz CT molecular complexity index is 450. The van der Waals surface area contributed by atoms with Crippen LogP contribution in [0.25, 0.3) is 0 Å². The topological polar surface area (TPSA) is 29.1 Å². The van der Waals surface area contributed by atoms with E-state index in [9.17, 15) is 18.0 Å². The number of hydrogen-bond acceptors (Lipinski definition) is 1. The predicted octanol–water partition coefficient (Wildman–Crippen LogP) is 4.02. The zero-order valence-corrected chi connectivity index (χ0v) is 10.4. The molecule has 2 rings (SSSR count). The van der Waals surface area contributed by atoms with E-state index < -0.39 is 11.7 Å². The highest BCUT2D eigenvalue weighted by Gasteiger charge is 2.34. The average molecular weight is 270 g/mol. The number of anilines is 1. The lowest BCUT2D eigenvalue weighted by Crippen LogP contribution is -2.26. The molecule has 1 aromatic carbocycles. The summed E-state index contributed by atoms with van der Waals surface area (Å²) in [5.41, 5.74) is -1.03. The Balaban J connectivity index is 2.12. The van der Waals surface area contributed by atoms with Crippen LogP contribution >= 0.6 is 0 Å². The molecule has 0 spiro atoms. The molecule has 0 heterocycles. The van der Waals surface area contributed by atoms with Gasteiger partial charge in [-0.25, -0.2) is 0 Å². The molecule has 2 nitrogen and oxygen atoms in total. The Kier molecular flexibility index (Phi) is 4.12. The molecule has 0 atom stereocenters. The van der Waals surface area contributed by atoms with Crippen molar-refractivity contribution in [2.45, 2.75) is 38.3 Å². The van der Waals surface area contributed by atoms with Gasteiger partial charge in [0.25, 0.3) is 0 Å². The van der Waals surface area contributed by atoms with E-state index in [4.69, 9.17) is 0 Å². The van der Waals surface area contributed by atoms with Gasteiger partial charge in [-0.3, -0.25) is 4.79 Å². The van der Waals surface area contributed by atoms with Crippen molar-refractivity contribution in [1.82, 2.24) is 0 Å². The summed E-state index contributed by atoms with van der Waals surface area (Å²) in [4.78, 5) is 12.0. The molecule has 5 heteroatoms. The summed E-state index contributed by atoms with van der Waals surface area (Å²) < 4.78 is 38.3. The smallest absolute Gasteiger partial charge is 0.325 e. The lowest BCUT2D eigenvalue weighted by atomic mass is 9.88. The van der Waals surface area contributed by atoms with E-state index in [0.29, 0.717) is 0 Å². The minimum Gasteiger partial charge on any atom is -0.325 e. The van der Waals surface area contributed by atoms with E-state index in [2.05, 4.69) is 11.4 Å². The molecule has 1 radical (unpaired) electrons. The Morgan fingerprint density at radius 2 is 1.95 bits per heavy atom. The number of rotatable bonds is 2. The van der Waals surface area contributed by atoms with Gasteiger partial charge in [0.05, 0.1) is 11.3 Å². The molecule has 1 aliphatic carbocycles. The van der Waals surface area contributed by atoms with Crippen LogP contribution in [-0.2, 0) is 11.0 Å². The molecular formula is C14H15F3NO. The maximum Gasteiger partial charge on any atom is 0.418 e. The highest BCUT2D eigenvalue weighted by Crippen LogP contribution is 2.35. The highest BCUT2D eigenvalue weighted by atomic mass is 19.4. The zero-order valence-electron chi connectivity index (χ0n) is 10.4. The van der Waals surface area contributed by atoms with Crippen LogP contribution in [0.15, 0.2) is 18.2 Å². The van der Waals surface area contributed by atoms with E-state index in [1.54, 1.807) is 0 Å². The molecule has 1 saturated carbocycles. The number of halogens is 3. The number of carbonyl (C=O) groups is 1. The van der Waals surface area contributed by atoms with Crippen molar-refractivity contribution in [2.75, 3.05) is 5.32 Å². The summed E-state index contributed by atoms with van der Waals surface area (Å²) >= 11 is 0. The van der Waals surface area contributed by atoms with Gasteiger partial charge in [0, 0.05) is 5.92 Å². The van der Waals surface area contributed by atoms with Crippen molar-refractivity contribution in [3.8, 4) is 0 Å². The second-order valence-electron chi connectivity index (χ2n) is 4.79. The van der Waals surface area contributed by atoms with Gasteiger partial charge in [0.1, 0.15) is 0 Å². The van der Waals surface area contributed by atoms with Gasteiger partial charge in [0.15, 0.2) is 0 Å². The third-order valence-electron chi connectivity index (χ3n) is 3.40. The number of benzene rings is 1. The lowest BCUT2D eigenvalue weighted by Gasteiger charge is -2.21. The summed E-state index contributed by atoms with van der Waals surface area (Å²) in [6, 6.07) is 5.85. The fourth-order valence-electron chi connectivity index (χ4n) is 2.37. The molecule has 0 bridgehead atoms. The average Bonchev–Trinajstić information content (AvgIpc) is 2.39. The van der Waals surface area contributed by atoms with Gasteiger partial charge >= 0.3 is 6.18 Å². The van der Waals surface area contributed by atoms with Gasteiger partial charge in [-0.2, -0.15) is 13.2 Å². The van der Waals surface area contributed by atoms with Crippen LogP contribution in [0.1, 0.15) is 37.7 Å². The third-order valence-corrected chi connectivity index (χ3v) is 3.40. The van der Waals surface area contributed by atoms with E-state index >= 15 is 0 Å². The molecule has 19 heavy (non-hydrogen) atoms. The summed E-state index contributed by atoms with van der Waals surface area (Å²) in [6.07, 6.45) is 0.0582. The van der Waals surface area contributed by atoms with Crippen LogP contribution in [0.2, 0.25) is 0 Å². The fraction of sp³-hybridized carbons (Fsp3) is 0.500. The molecule has 103 valence electrons. The molecule has 1 N–H and O–H groups in total. The van der Waals surface area contributed by atoms with Gasteiger partial charge in [-0.05, 0) is 31.0 Å². The van der Waals surface area contributed by atoms with Crippen molar-refractivity contribution < 1.29 is 18.0 Å². The molecule has 1 aliphatic rings. The number of amides is 1. The van der Waals surface area contributed by atoms with Crippen molar-refractivity contribution in [3.05, 3.63) is 29.8 Å². The first-order valence-corrected chi connectivity index (χ1v) is 6.36. The van der Waals surface area contributed by atoms with Crippen LogP contribution in [0.3, 0.4) is 0 Å². The highest BCUT2D eigenvalue weighted by molar-refractivity contribution is 5.93. The van der Waals surface area contributed by atoms with Gasteiger partial charge < -0.3 is 5.32 Å². The fourth-order valence-corrected chi connectivity index (χ4v) is 2.37. The second-order valence-corrected chi connectivity index (χ2v) is 4.79. The molecule has 0 aliphatic heterocycles. The maximum absolute atomic E-state index is 12.8. The Morgan fingerprint density at radius 3 is 2.58 bits per heavy atom. The van der Waals surface area contributed by atoms with E-state index in [-0.39, 0.29) is 17.5 Å². The Labute approximate surface area is 110 Å². The van der Waals surface area contributed by atoms with E-state index in [1.807, 2.05) is 0 Å². The Hall–Kier alpha value is -1.52. The number of nitrogens with one attached hydrogen (secondary N) is 1. The molecular weight excluding hydrogens is 255 g/mol. The van der Waals surface area contributed by atoms with Gasteiger partial charge in [0.2, 0.25) is 5.91 Å². The molecule has 0 saturated heterocycles. The number of alkyl halides is 3. The van der Waals surface area contributed by atoms with Gasteiger partial charge in [-0.15, -0.1) is 0 Å². The standard InChI is InChI=1S/C14H15F3NO/c15-14(16,17)11-8-4-5-9-12(11)18-13(19)10-6-2-1-3-7-10/h5,8-10H,1-3,6-7H2,(H,18,19). The number of carbonyl (C=O) groups excluding carboxylic acids is 1. The molecule has 0 aromatic heterocycles. The predicted molar refractivity (Wildman–Crippen MR) is 65.5 cm³/mol. The first-order chi connectivity index (χ1) is 8.98. The lowest BCUT2D eigenvalue weighted by molar-refractivity contribution is -0.137. The van der Waals surface area contributed by atoms with Crippen LogP contribution < -0.4 is 5.32 Å². The van der Waals surface area contributed by atoms with E-state index in [0.717, 1.165) is 38.2 Å². The minimum atomic E-state index is -4.48. The van der Waals surface area contributed by atoms with Crippen molar-refractivity contribution >= 4 is 11.6 Å². The second kappa shape index (κ2) is 5.63. The zero-order chi connectivity index (χ0) is 13.9. The summed E-state index contributed by atoms with van der Waals surface area (Å²) in [5, 5.41) is 2.41. The Morgan fingerprint density at radius 1 is 1.26 bits per heavy atom. The van der Waals surface area contributed by atoms with Crippen LogP contribution in [-0.4, -0.2) is 5.91 Å². The van der Waals surface area contributed by atoms with Crippen LogP contribution in [0.5, 0.6) is 0 Å². The van der Waals surface area contributed by atoms with E-state index in [1.165, 1.54) is 12.1 Å². The summed E-state index contributed by atoms with van der Waals surface area (Å²) in [7, 11) is 0. The molecule has 1 aromatic rings. The SMILES string of the molecule is O=C(Nc1cc[c]cc1C(F)(F)F)C1CCCCC1. The normalized spacial score (nSPS) is 17.2. The monoisotopic (exact) mass is 270 g/mol. The molecule has 1 amide bonds.